The van der Waals surface area contributed by atoms with E-state index in [1.807, 2.05) is 0 Å². The summed E-state index contributed by atoms with van der Waals surface area (Å²) in [4.78, 5) is 2.39. The Hall–Kier alpha value is -0.120. The van der Waals surface area contributed by atoms with Gasteiger partial charge in [0.2, 0.25) is 0 Å². The van der Waals surface area contributed by atoms with Gasteiger partial charge in [-0.05, 0) is 45.7 Å². The van der Waals surface area contributed by atoms with Gasteiger partial charge in [0.15, 0.2) is 0 Å². The monoisotopic (exact) mass is 228 g/mol. The first-order valence-corrected chi connectivity index (χ1v) is 6.77. The van der Waals surface area contributed by atoms with Crippen LogP contribution < -0.4 is 5.32 Å². The first kappa shape index (κ1) is 13.9. The van der Waals surface area contributed by atoms with Crippen LogP contribution in [0.3, 0.4) is 0 Å². The molecule has 0 aromatic heterocycles. The highest BCUT2D eigenvalue weighted by Gasteiger charge is 2.31. The van der Waals surface area contributed by atoms with Crippen molar-refractivity contribution >= 4 is 0 Å². The molecule has 3 nitrogen and oxygen atoms in total. The Morgan fingerprint density at radius 2 is 2.12 bits per heavy atom. The lowest BCUT2D eigenvalue weighted by molar-refractivity contribution is 0.117. The molecule has 0 saturated heterocycles. The summed E-state index contributed by atoms with van der Waals surface area (Å²) in [6, 6.07) is 0.701. The van der Waals surface area contributed by atoms with Gasteiger partial charge in [-0.1, -0.05) is 6.92 Å². The lowest BCUT2D eigenvalue weighted by Gasteiger charge is -2.24. The molecule has 1 unspecified atom stereocenters. The third-order valence-corrected chi connectivity index (χ3v) is 3.18. The SMILES string of the molecule is CCCNC(CN(C)CCOCC)C1CC1. The molecule has 0 spiro atoms. The van der Waals surface area contributed by atoms with E-state index < -0.39 is 0 Å². The van der Waals surface area contributed by atoms with Crippen LogP contribution >= 0.6 is 0 Å². The first-order valence-electron chi connectivity index (χ1n) is 6.77. The largest absolute Gasteiger partial charge is 0.380 e. The molecular formula is C13H28N2O. The summed E-state index contributed by atoms with van der Waals surface area (Å²) in [5.74, 6) is 0.932. The Balaban J connectivity index is 2.14. The molecule has 1 aliphatic rings. The average molecular weight is 228 g/mol. The fourth-order valence-corrected chi connectivity index (χ4v) is 2.00. The number of rotatable bonds is 10. The number of likely N-dealkylation sites (N-methyl/N-ethyl adjacent to an activating group) is 1. The first-order chi connectivity index (χ1) is 7.77. The van der Waals surface area contributed by atoms with E-state index in [4.69, 9.17) is 4.74 Å². The van der Waals surface area contributed by atoms with Gasteiger partial charge in [-0.15, -0.1) is 0 Å². The summed E-state index contributed by atoms with van der Waals surface area (Å²) < 4.78 is 5.38. The Labute approximate surface area is 101 Å². The van der Waals surface area contributed by atoms with Crippen LogP contribution in [0.25, 0.3) is 0 Å². The molecule has 1 saturated carbocycles. The second-order valence-electron chi connectivity index (χ2n) is 4.86. The summed E-state index contributed by atoms with van der Waals surface area (Å²) in [5.41, 5.74) is 0. The van der Waals surface area contributed by atoms with E-state index in [-0.39, 0.29) is 0 Å². The van der Waals surface area contributed by atoms with Crippen LogP contribution in [0, 0.1) is 5.92 Å². The highest BCUT2D eigenvalue weighted by molar-refractivity contribution is 4.87. The Bertz CT molecular complexity index is 171. The molecule has 0 bridgehead atoms. The van der Waals surface area contributed by atoms with Gasteiger partial charge >= 0.3 is 0 Å². The molecule has 1 N–H and O–H groups in total. The third-order valence-electron chi connectivity index (χ3n) is 3.18. The minimum Gasteiger partial charge on any atom is -0.380 e. The smallest absolute Gasteiger partial charge is 0.0593 e. The molecule has 0 amide bonds. The fraction of sp³-hybridized carbons (Fsp3) is 1.00. The summed E-state index contributed by atoms with van der Waals surface area (Å²) in [7, 11) is 2.20. The van der Waals surface area contributed by atoms with Crippen LogP contribution in [0.1, 0.15) is 33.1 Å². The van der Waals surface area contributed by atoms with Crippen molar-refractivity contribution < 1.29 is 4.74 Å². The summed E-state index contributed by atoms with van der Waals surface area (Å²) in [6.45, 7) is 9.33. The van der Waals surface area contributed by atoms with Gasteiger partial charge in [0.1, 0.15) is 0 Å². The maximum atomic E-state index is 5.38. The van der Waals surface area contributed by atoms with Gasteiger partial charge in [-0.25, -0.2) is 0 Å². The van der Waals surface area contributed by atoms with Crippen LogP contribution in [-0.4, -0.2) is 50.8 Å². The van der Waals surface area contributed by atoms with Gasteiger partial charge in [0, 0.05) is 25.7 Å². The molecule has 1 rings (SSSR count). The number of nitrogens with one attached hydrogen (secondary N) is 1. The standard InChI is InChI=1S/C13H28N2O/c1-4-8-14-13(12-6-7-12)11-15(3)9-10-16-5-2/h12-14H,4-11H2,1-3H3. The Morgan fingerprint density at radius 1 is 1.38 bits per heavy atom. The summed E-state index contributed by atoms with van der Waals surface area (Å²) in [5, 5.41) is 3.67. The van der Waals surface area contributed by atoms with E-state index in [0.717, 1.165) is 38.8 Å². The molecule has 0 aromatic rings. The van der Waals surface area contributed by atoms with Crippen LogP contribution in [0.5, 0.6) is 0 Å². The van der Waals surface area contributed by atoms with E-state index in [1.165, 1.54) is 19.3 Å². The molecule has 1 aliphatic carbocycles. The van der Waals surface area contributed by atoms with E-state index in [0.29, 0.717) is 6.04 Å². The molecule has 0 aromatic carbocycles. The zero-order valence-electron chi connectivity index (χ0n) is 11.2. The van der Waals surface area contributed by atoms with Gasteiger partial charge in [-0.3, -0.25) is 0 Å². The molecule has 1 atom stereocenters. The van der Waals surface area contributed by atoms with E-state index in [9.17, 15) is 0 Å². The topological polar surface area (TPSA) is 24.5 Å². The van der Waals surface area contributed by atoms with Gasteiger partial charge in [0.05, 0.1) is 6.61 Å². The van der Waals surface area contributed by atoms with Crippen LogP contribution in [-0.2, 0) is 4.74 Å². The Morgan fingerprint density at radius 3 is 2.69 bits per heavy atom. The van der Waals surface area contributed by atoms with Crippen molar-refractivity contribution in [1.82, 2.24) is 10.2 Å². The van der Waals surface area contributed by atoms with Crippen molar-refractivity contribution in [2.75, 3.05) is 39.9 Å². The molecule has 0 radical (unpaired) electrons. The lowest BCUT2D eigenvalue weighted by atomic mass is 10.1. The highest BCUT2D eigenvalue weighted by atomic mass is 16.5. The van der Waals surface area contributed by atoms with Gasteiger partial charge in [0.25, 0.3) is 0 Å². The van der Waals surface area contributed by atoms with Crippen molar-refractivity contribution in [3.8, 4) is 0 Å². The minimum absolute atomic E-state index is 0.701. The average Bonchev–Trinajstić information content (AvgIpc) is 3.08. The second kappa shape index (κ2) is 8.04. The summed E-state index contributed by atoms with van der Waals surface area (Å²) in [6.07, 6.45) is 4.06. The maximum Gasteiger partial charge on any atom is 0.0593 e. The highest BCUT2D eigenvalue weighted by Crippen LogP contribution is 2.32. The van der Waals surface area contributed by atoms with E-state index >= 15 is 0 Å². The molecule has 3 heteroatoms. The normalized spacial score (nSPS) is 18.0. The second-order valence-corrected chi connectivity index (χ2v) is 4.86. The van der Waals surface area contributed by atoms with E-state index in [1.54, 1.807) is 0 Å². The van der Waals surface area contributed by atoms with Crippen LogP contribution in [0.4, 0.5) is 0 Å². The molecule has 0 heterocycles. The van der Waals surface area contributed by atoms with Crippen molar-refractivity contribution in [3.05, 3.63) is 0 Å². The van der Waals surface area contributed by atoms with Crippen molar-refractivity contribution in [2.45, 2.75) is 39.2 Å². The summed E-state index contributed by atoms with van der Waals surface area (Å²) >= 11 is 0. The number of ether oxygens (including phenoxy) is 1. The fourth-order valence-electron chi connectivity index (χ4n) is 2.00. The lowest BCUT2D eigenvalue weighted by Crippen LogP contribution is -2.42. The maximum absolute atomic E-state index is 5.38. The number of nitrogens with zero attached hydrogens (tertiary/aromatic N) is 1. The molecule has 0 aliphatic heterocycles. The third kappa shape index (κ3) is 5.83. The van der Waals surface area contributed by atoms with Crippen molar-refractivity contribution in [3.63, 3.8) is 0 Å². The zero-order valence-corrected chi connectivity index (χ0v) is 11.2. The van der Waals surface area contributed by atoms with Crippen LogP contribution in [0.2, 0.25) is 0 Å². The predicted molar refractivity (Wildman–Crippen MR) is 68.8 cm³/mol. The molecule has 96 valence electrons. The molecule has 1 fully saturated rings. The van der Waals surface area contributed by atoms with Gasteiger partial charge < -0.3 is 15.0 Å². The molecule has 16 heavy (non-hydrogen) atoms. The van der Waals surface area contributed by atoms with Gasteiger partial charge in [-0.2, -0.15) is 0 Å². The Kier molecular flexibility index (Phi) is 7.01. The quantitative estimate of drug-likeness (QED) is 0.576. The number of hydrogen-bond donors (Lipinski definition) is 1. The van der Waals surface area contributed by atoms with Crippen molar-refractivity contribution in [1.29, 1.82) is 0 Å². The van der Waals surface area contributed by atoms with E-state index in [2.05, 4.69) is 31.1 Å². The number of hydrogen-bond acceptors (Lipinski definition) is 3. The predicted octanol–water partition coefficient (Wildman–Crippen LogP) is 1.73. The minimum atomic E-state index is 0.701. The van der Waals surface area contributed by atoms with Crippen LogP contribution in [0.15, 0.2) is 0 Å². The van der Waals surface area contributed by atoms with Crippen molar-refractivity contribution in [2.24, 2.45) is 5.92 Å². The zero-order chi connectivity index (χ0) is 11.8. The molecular weight excluding hydrogens is 200 g/mol.